The normalized spacial score (nSPS) is 27.5. The molecule has 0 saturated heterocycles. The summed E-state index contributed by atoms with van der Waals surface area (Å²) >= 11 is 0. The second-order valence-electron chi connectivity index (χ2n) is 5.02. The van der Waals surface area contributed by atoms with Crippen molar-refractivity contribution in [3.63, 3.8) is 0 Å². The van der Waals surface area contributed by atoms with Crippen LogP contribution in [0.15, 0.2) is 35.9 Å². The van der Waals surface area contributed by atoms with Gasteiger partial charge in [0.25, 0.3) is 0 Å². The lowest BCUT2D eigenvalue weighted by Crippen LogP contribution is -1.99. The highest BCUT2D eigenvalue weighted by Crippen LogP contribution is 2.39. The number of hydrogen-bond acceptors (Lipinski definition) is 0. The van der Waals surface area contributed by atoms with Gasteiger partial charge in [0.1, 0.15) is 0 Å². The lowest BCUT2D eigenvalue weighted by Gasteiger charge is -2.13. The maximum absolute atomic E-state index is 2.43. The fourth-order valence-corrected chi connectivity index (χ4v) is 2.85. The standard InChI is InChI=1S/C16H22/c1-3-7-15-11-10-13(2)16(15)12-14-8-5-4-6-9-14/h4-6,8-9,12-13,15H,3,7,10-11H2,1-2H3/b16-12-. The molecule has 2 unspecified atom stereocenters. The quantitative estimate of drug-likeness (QED) is 0.670. The van der Waals surface area contributed by atoms with Crippen LogP contribution < -0.4 is 0 Å². The molecule has 0 heteroatoms. The molecule has 1 aliphatic carbocycles. The Morgan fingerprint density at radius 2 is 1.94 bits per heavy atom. The molecule has 0 bridgehead atoms. The van der Waals surface area contributed by atoms with Crippen LogP contribution in [0.25, 0.3) is 6.08 Å². The minimum atomic E-state index is 0.789. The largest absolute Gasteiger partial charge is 0.0654 e. The molecular weight excluding hydrogens is 192 g/mol. The van der Waals surface area contributed by atoms with E-state index in [9.17, 15) is 0 Å². The topological polar surface area (TPSA) is 0 Å². The van der Waals surface area contributed by atoms with Crippen LogP contribution in [0.1, 0.15) is 45.1 Å². The van der Waals surface area contributed by atoms with Crippen molar-refractivity contribution in [2.24, 2.45) is 11.8 Å². The zero-order valence-electron chi connectivity index (χ0n) is 10.4. The third-order valence-electron chi connectivity index (χ3n) is 3.76. The summed E-state index contributed by atoms with van der Waals surface area (Å²) in [7, 11) is 0. The van der Waals surface area contributed by atoms with E-state index in [1.165, 1.54) is 31.2 Å². The number of benzene rings is 1. The molecule has 1 saturated carbocycles. The van der Waals surface area contributed by atoms with Crippen LogP contribution in [-0.2, 0) is 0 Å². The van der Waals surface area contributed by atoms with Gasteiger partial charge in [-0.2, -0.15) is 0 Å². The summed E-state index contributed by atoms with van der Waals surface area (Å²) in [4.78, 5) is 0. The first-order chi connectivity index (χ1) is 7.81. The average molecular weight is 214 g/mol. The highest BCUT2D eigenvalue weighted by molar-refractivity contribution is 5.54. The van der Waals surface area contributed by atoms with Crippen molar-refractivity contribution in [3.05, 3.63) is 41.5 Å². The van der Waals surface area contributed by atoms with Gasteiger partial charge < -0.3 is 0 Å². The third kappa shape index (κ3) is 2.55. The fourth-order valence-electron chi connectivity index (χ4n) is 2.85. The third-order valence-corrected chi connectivity index (χ3v) is 3.76. The van der Waals surface area contributed by atoms with Crippen LogP contribution in [0.5, 0.6) is 0 Å². The van der Waals surface area contributed by atoms with Crippen molar-refractivity contribution in [3.8, 4) is 0 Å². The summed E-state index contributed by atoms with van der Waals surface area (Å²) in [6, 6.07) is 10.8. The van der Waals surface area contributed by atoms with E-state index in [4.69, 9.17) is 0 Å². The van der Waals surface area contributed by atoms with Gasteiger partial charge in [0.15, 0.2) is 0 Å². The van der Waals surface area contributed by atoms with Gasteiger partial charge >= 0.3 is 0 Å². The molecule has 2 rings (SSSR count). The van der Waals surface area contributed by atoms with Crippen LogP contribution in [0, 0.1) is 11.8 Å². The molecule has 0 aromatic heterocycles. The molecule has 0 nitrogen and oxygen atoms in total. The lowest BCUT2D eigenvalue weighted by molar-refractivity contribution is 0.565. The van der Waals surface area contributed by atoms with Crippen molar-refractivity contribution >= 4 is 6.08 Å². The Kier molecular flexibility index (Phi) is 3.82. The van der Waals surface area contributed by atoms with Crippen molar-refractivity contribution in [1.29, 1.82) is 0 Å². The van der Waals surface area contributed by atoms with Crippen LogP contribution in [0.2, 0.25) is 0 Å². The Balaban J connectivity index is 2.20. The van der Waals surface area contributed by atoms with E-state index in [1.54, 1.807) is 5.57 Å². The molecular formula is C16H22. The van der Waals surface area contributed by atoms with Crippen molar-refractivity contribution < 1.29 is 0 Å². The molecule has 0 spiro atoms. The Bertz CT molecular complexity index is 346. The average Bonchev–Trinajstić information content (AvgIpc) is 2.64. The van der Waals surface area contributed by atoms with Gasteiger partial charge in [0.05, 0.1) is 0 Å². The monoisotopic (exact) mass is 214 g/mol. The van der Waals surface area contributed by atoms with Crippen molar-refractivity contribution in [1.82, 2.24) is 0 Å². The minimum Gasteiger partial charge on any atom is -0.0654 e. The van der Waals surface area contributed by atoms with Gasteiger partial charge in [-0.1, -0.05) is 62.2 Å². The molecule has 1 aromatic carbocycles. The molecule has 1 aliphatic rings. The highest BCUT2D eigenvalue weighted by Gasteiger charge is 2.26. The first kappa shape index (κ1) is 11.4. The van der Waals surface area contributed by atoms with Crippen LogP contribution in [-0.4, -0.2) is 0 Å². The summed E-state index contributed by atoms with van der Waals surface area (Å²) in [5.74, 6) is 1.64. The molecule has 0 N–H and O–H groups in total. The predicted octanol–water partition coefficient (Wildman–Crippen LogP) is 4.92. The van der Waals surface area contributed by atoms with E-state index < -0.39 is 0 Å². The van der Waals surface area contributed by atoms with Crippen molar-refractivity contribution in [2.75, 3.05) is 0 Å². The maximum atomic E-state index is 2.43. The molecule has 1 aromatic rings. The van der Waals surface area contributed by atoms with Gasteiger partial charge in [-0.15, -0.1) is 0 Å². The Labute approximate surface area is 99.4 Å². The second-order valence-corrected chi connectivity index (χ2v) is 5.02. The molecule has 0 aliphatic heterocycles. The smallest absolute Gasteiger partial charge is 0.0197 e. The van der Waals surface area contributed by atoms with Crippen molar-refractivity contribution in [2.45, 2.75) is 39.5 Å². The van der Waals surface area contributed by atoms with E-state index in [1.807, 2.05) is 0 Å². The van der Waals surface area contributed by atoms with Gasteiger partial charge in [-0.05, 0) is 36.7 Å². The zero-order valence-corrected chi connectivity index (χ0v) is 10.4. The summed E-state index contributed by atoms with van der Waals surface area (Å²) in [6.45, 7) is 4.67. The number of hydrogen-bond donors (Lipinski definition) is 0. The second kappa shape index (κ2) is 5.34. The van der Waals surface area contributed by atoms with Crippen LogP contribution in [0.4, 0.5) is 0 Å². The summed E-state index contributed by atoms with van der Waals surface area (Å²) < 4.78 is 0. The molecule has 0 amide bonds. The molecule has 16 heavy (non-hydrogen) atoms. The van der Waals surface area contributed by atoms with E-state index >= 15 is 0 Å². The van der Waals surface area contributed by atoms with Gasteiger partial charge in [0, 0.05) is 0 Å². The summed E-state index contributed by atoms with van der Waals surface area (Å²) in [5, 5.41) is 0. The first-order valence-corrected chi connectivity index (χ1v) is 6.57. The zero-order chi connectivity index (χ0) is 11.4. The molecule has 2 atom stereocenters. The van der Waals surface area contributed by atoms with E-state index in [-0.39, 0.29) is 0 Å². The maximum Gasteiger partial charge on any atom is -0.0197 e. The molecule has 86 valence electrons. The summed E-state index contributed by atoms with van der Waals surface area (Å²) in [5.41, 5.74) is 3.06. The highest BCUT2D eigenvalue weighted by atomic mass is 14.3. The molecule has 0 heterocycles. The minimum absolute atomic E-state index is 0.789. The SMILES string of the molecule is CCCC1CCC(C)/C1=C/c1ccccc1. The number of rotatable bonds is 3. The van der Waals surface area contributed by atoms with E-state index in [2.05, 4.69) is 50.3 Å². The first-order valence-electron chi connectivity index (χ1n) is 6.57. The molecule has 0 radical (unpaired) electrons. The summed E-state index contributed by atoms with van der Waals surface area (Å²) in [6.07, 6.45) is 7.88. The predicted molar refractivity (Wildman–Crippen MR) is 71.2 cm³/mol. The lowest BCUT2D eigenvalue weighted by atomic mass is 9.92. The van der Waals surface area contributed by atoms with Gasteiger partial charge in [0.2, 0.25) is 0 Å². The van der Waals surface area contributed by atoms with Gasteiger partial charge in [-0.25, -0.2) is 0 Å². The van der Waals surface area contributed by atoms with Crippen LogP contribution in [0.3, 0.4) is 0 Å². The molecule has 1 fully saturated rings. The Morgan fingerprint density at radius 1 is 1.19 bits per heavy atom. The fraction of sp³-hybridized carbons (Fsp3) is 0.500. The van der Waals surface area contributed by atoms with Gasteiger partial charge in [-0.3, -0.25) is 0 Å². The Morgan fingerprint density at radius 3 is 2.62 bits per heavy atom. The van der Waals surface area contributed by atoms with E-state index in [0.717, 1.165) is 11.8 Å². The van der Waals surface area contributed by atoms with E-state index in [0.29, 0.717) is 0 Å². The van der Waals surface area contributed by atoms with Crippen LogP contribution >= 0.6 is 0 Å². The Hall–Kier alpha value is -1.04. The number of allylic oxidation sites excluding steroid dienone is 1.